The molecule has 0 atom stereocenters. The van der Waals surface area contributed by atoms with Crippen molar-refractivity contribution in [2.75, 3.05) is 6.61 Å². The third kappa shape index (κ3) is 2.54. The van der Waals surface area contributed by atoms with Gasteiger partial charge in [0.25, 0.3) is 0 Å². The van der Waals surface area contributed by atoms with Gasteiger partial charge in [-0.05, 0) is 30.5 Å². The quantitative estimate of drug-likeness (QED) is 0.854. The SMILES string of the molecule is CCOC(=O)c1ccc2ccc(C(F)(F)F)cc2c1O. The molecule has 0 radical (unpaired) electrons. The molecule has 2 aromatic carbocycles. The lowest BCUT2D eigenvalue weighted by Crippen LogP contribution is -2.06. The fourth-order valence-electron chi connectivity index (χ4n) is 1.85. The molecular weight excluding hydrogens is 273 g/mol. The zero-order chi connectivity index (χ0) is 14.9. The first-order valence-corrected chi connectivity index (χ1v) is 5.84. The number of phenolic OH excluding ortho intramolecular Hbond substituents is 1. The van der Waals surface area contributed by atoms with E-state index in [1.807, 2.05) is 0 Å². The van der Waals surface area contributed by atoms with Crippen LogP contribution in [0.15, 0.2) is 30.3 Å². The van der Waals surface area contributed by atoms with E-state index in [9.17, 15) is 23.1 Å². The lowest BCUT2D eigenvalue weighted by Gasteiger charge is -2.10. The number of ether oxygens (including phenoxy) is 1. The fourth-order valence-corrected chi connectivity index (χ4v) is 1.85. The number of carbonyl (C=O) groups excluding carboxylic acids is 1. The molecule has 1 N–H and O–H groups in total. The van der Waals surface area contributed by atoms with Gasteiger partial charge in [-0.25, -0.2) is 4.79 Å². The number of fused-ring (bicyclic) bond motifs is 1. The highest BCUT2D eigenvalue weighted by atomic mass is 19.4. The molecule has 0 bridgehead atoms. The summed E-state index contributed by atoms with van der Waals surface area (Å²) in [6.45, 7) is 1.71. The zero-order valence-electron chi connectivity index (χ0n) is 10.5. The van der Waals surface area contributed by atoms with Crippen LogP contribution in [0.25, 0.3) is 10.8 Å². The van der Waals surface area contributed by atoms with E-state index < -0.39 is 23.5 Å². The summed E-state index contributed by atoms with van der Waals surface area (Å²) in [5.41, 5.74) is -1.04. The van der Waals surface area contributed by atoms with Gasteiger partial charge in [0.1, 0.15) is 11.3 Å². The molecule has 0 fully saturated rings. The molecule has 0 aliphatic heterocycles. The minimum absolute atomic E-state index is 0.0367. The molecule has 0 heterocycles. The molecule has 2 aromatic rings. The van der Waals surface area contributed by atoms with Crippen LogP contribution >= 0.6 is 0 Å². The second kappa shape index (κ2) is 5.03. The first kappa shape index (κ1) is 14.2. The van der Waals surface area contributed by atoms with Gasteiger partial charge in [0.2, 0.25) is 0 Å². The molecular formula is C14H11F3O3. The van der Waals surface area contributed by atoms with Crippen LogP contribution in [0, 0.1) is 0 Å². The summed E-state index contributed by atoms with van der Waals surface area (Å²) in [6.07, 6.45) is -4.51. The molecule has 0 unspecified atom stereocenters. The van der Waals surface area contributed by atoms with Crippen molar-refractivity contribution >= 4 is 16.7 Å². The highest BCUT2D eigenvalue weighted by Gasteiger charge is 2.31. The van der Waals surface area contributed by atoms with Crippen LogP contribution in [0.2, 0.25) is 0 Å². The lowest BCUT2D eigenvalue weighted by atomic mass is 10.0. The zero-order valence-corrected chi connectivity index (χ0v) is 10.5. The van der Waals surface area contributed by atoms with Gasteiger partial charge in [-0.2, -0.15) is 13.2 Å². The number of aromatic hydroxyl groups is 1. The van der Waals surface area contributed by atoms with E-state index in [4.69, 9.17) is 4.74 Å². The topological polar surface area (TPSA) is 46.5 Å². The molecule has 3 nitrogen and oxygen atoms in total. The highest BCUT2D eigenvalue weighted by Crippen LogP contribution is 2.35. The van der Waals surface area contributed by atoms with Gasteiger partial charge in [0.15, 0.2) is 0 Å². The Morgan fingerprint density at radius 3 is 2.50 bits per heavy atom. The third-order valence-corrected chi connectivity index (χ3v) is 2.82. The van der Waals surface area contributed by atoms with Crippen molar-refractivity contribution in [2.45, 2.75) is 13.1 Å². The normalized spacial score (nSPS) is 11.6. The molecule has 2 rings (SSSR count). The number of halogens is 3. The summed E-state index contributed by atoms with van der Waals surface area (Å²) in [5.74, 6) is -1.28. The number of hydrogen-bond donors (Lipinski definition) is 1. The predicted molar refractivity (Wildman–Crippen MR) is 66.6 cm³/mol. The van der Waals surface area contributed by atoms with Crippen LogP contribution in [0.3, 0.4) is 0 Å². The standard InChI is InChI=1S/C14H11F3O3/c1-2-20-13(19)10-6-4-8-3-5-9(14(15,16)17)7-11(8)12(10)18/h3-7,18H,2H2,1H3. The highest BCUT2D eigenvalue weighted by molar-refractivity contribution is 6.01. The van der Waals surface area contributed by atoms with E-state index in [2.05, 4.69) is 0 Å². The summed E-state index contributed by atoms with van der Waals surface area (Å²) < 4.78 is 42.7. The molecule has 0 amide bonds. The van der Waals surface area contributed by atoms with Crippen molar-refractivity contribution in [3.63, 3.8) is 0 Å². The monoisotopic (exact) mass is 284 g/mol. The average Bonchev–Trinajstić information content (AvgIpc) is 2.38. The molecule has 6 heteroatoms. The largest absolute Gasteiger partial charge is 0.506 e. The van der Waals surface area contributed by atoms with Crippen LogP contribution in [-0.2, 0) is 10.9 Å². The summed E-state index contributed by atoms with van der Waals surface area (Å²) in [7, 11) is 0. The molecule has 0 spiro atoms. The third-order valence-electron chi connectivity index (χ3n) is 2.82. The van der Waals surface area contributed by atoms with Crippen LogP contribution in [0.1, 0.15) is 22.8 Å². The van der Waals surface area contributed by atoms with Gasteiger partial charge >= 0.3 is 12.1 Å². The van der Waals surface area contributed by atoms with E-state index in [1.165, 1.54) is 18.2 Å². The summed E-state index contributed by atoms with van der Waals surface area (Å²) in [4.78, 5) is 11.6. The van der Waals surface area contributed by atoms with Crippen LogP contribution in [0.5, 0.6) is 5.75 Å². The number of carbonyl (C=O) groups is 1. The predicted octanol–water partition coefficient (Wildman–Crippen LogP) is 3.74. The van der Waals surface area contributed by atoms with Gasteiger partial charge in [-0.3, -0.25) is 0 Å². The van der Waals surface area contributed by atoms with Crippen molar-refractivity contribution in [3.8, 4) is 5.75 Å². The van der Waals surface area contributed by atoms with Crippen molar-refractivity contribution < 1.29 is 27.8 Å². The Bertz CT molecular complexity index is 662. The minimum atomic E-state index is -4.51. The van der Waals surface area contributed by atoms with Crippen LogP contribution in [0.4, 0.5) is 13.2 Å². The maximum absolute atomic E-state index is 12.7. The number of esters is 1. The molecule has 20 heavy (non-hydrogen) atoms. The smallest absolute Gasteiger partial charge is 0.416 e. The van der Waals surface area contributed by atoms with E-state index in [-0.39, 0.29) is 17.6 Å². The summed E-state index contributed by atoms with van der Waals surface area (Å²) in [5, 5.41) is 10.3. The molecule has 106 valence electrons. The second-order valence-corrected chi connectivity index (χ2v) is 4.12. The minimum Gasteiger partial charge on any atom is -0.506 e. The van der Waals surface area contributed by atoms with Gasteiger partial charge < -0.3 is 9.84 Å². The number of hydrogen-bond acceptors (Lipinski definition) is 3. The van der Waals surface area contributed by atoms with E-state index >= 15 is 0 Å². The Morgan fingerprint density at radius 2 is 1.90 bits per heavy atom. The van der Waals surface area contributed by atoms with Gasteiger partial charge in [-0.15, -0.1) is 0 Å². The first-order valence-electron chi connectivity index (χ1n) is 5.84. The van der Waals surface area contributed by atoms with Crippen LogP contribution < -0.4 is 0 Å². The molecule has 0 aliphatic carbocycles. The number of phenols is 1. The fraction of sp³-hybridized carbons (Fsp3) is 0.214. The number of alkyl halides is 3. The molecule has 0 aromatic heterocycles. The lowest BCUT2D eigenvalue weighted by molar-refractivity contribution is -0.137. The molecule has 0 saturated carbocycles. The summed E-state index contributed by atoms with van der Waals surface area (Å²) in [6, 6.07) is 5.76. The van der Waals surface area contributed by atoms with Crippen molar-refractivity contribution in [1.82, 2.24) is 0 Å². The van der Waals surface area contributed by atoms with E-state index in [0.717, 1.165) is 12.1 Å². The van der Waals surface area contributed by atoms with Gasteiger partial charge in [0, 0.05) is 5.39 Å². The Hall–Kier alpha value is -2.24. The maximum atomic E-state index is 12.7. The van der Waals surface area contributed by atoms with Crippen molar-refractivity contribution in [1.29, 1.82) is 0 Å². The van der Waals surface area contributed by atoms with Gasteiger partial charge in [-0.1, -0.05) is 12.1 Å². The first-order chi connectivity index (χ1) is 9.34. The summed E-state index contributed by atoms with van der Waals surface area (Å²) >= 11 is 0. The average molecular weight is 284 g/mol. The van der Waals surface area contributed by atoms with Crippen molar-refractivity contribution in [2.24, 2.45) is 0 Å². The number of benzene rings is 2. The van der Waals surface area contributed by atoms with E-state index in [1.54, 1.807) is 6.92 Å². The number of rotatable bonds is 2. The van der Waals surface area contributed by atoms with E-state index in [0.29, 0.717) is 5.39 Å². The molecule has 0 aliphatic rings. The second-order valence-electron chi connectivity index (χ2n) is 4.12. The molecule has 0 saturated heterocycles. The van der Waals surface area contributed by atoms with Crippen molar-refractivity contribution in [3.05, 3.63) is 41.5 Å². The Labute approximate surface area is 112 Å². The Kier molecular flexibility index (Phi) is 3.57. The van der Waals surface area contributed by atoms with Gasteiger partial charge in [0.05, 0.1) is 12.2 Å². The Balaban J connectivity index is 2.61. The Morgan fingerprint density at radius 1 is 1.25 bits per heavy atom. The van der Waals surface area contributed by atoms with Crippen LogP contribution in [-0.4, -0.2) is 17.7 Å². The maximum Gasteiger partial charge on any atom is 0.416 e.